The second kappa shape index (κ2) is 7.58. The molecule has 3 heteroatoms. The van der Waals surface area contributed by atoms with Crippen molar-refractivity contribution in [3.05, 3.63) is 54.1 Å². The number of nitrogens with one attached hydrogen (secondary N) is 1. The molecule has 1 N–H and O–H groups in total. The lowest BCUT2D eigenvalue weighted by Gasteiger charge is -2.18. The quantitative estimate of drug-likeness (QED) is 0.802. The number of anilines is 1. The van der Waals surface area contributed by atoms with Crippen molar-refractivity contribution >= 4 is 5.69 Å². The third-order valence-electron chi connectivity index (χ3n) is 3.25. The lowest BCUT2D eigenvalue weighted by atomic mass is 10.1. The molecule has 2 rings (SSSR count). The fourth-order valence-electron chi connectivity index (χ4n) is 2.20. The largest absolute Gasteiger partial charge is 0.494 e. The lowest BCUT2D eigenvalue weighted by Crippen LogP contribution is -2.08. The van der Waals surface area contributed by atoms with E-state index in [1.165, 1.54) is 5.56 Å². The Hall–Kier alpha value is -2.16. The molecule has 0 amide bonds. The number of para-hydroxylation sites is 2. The third kappa shape index (κ3) is 4.15. The lowest BCUT2D eigenvalue weighted by molar-refractivity contribution is 0.340. The minimum absolute atomic E-state index is 0.197. The SMILES string of the molecule is CCOc1ccc(C(C)Nc2ccccc2OCC)cc1. The Morgan fingerprint density at radius 2 is 1.57 bits per heavy atom. The average molecular weight is 285 g/mol. The summed E-state index contributed by atoms with van der Waals surface area (Å²) in [5.74, 6) is 1.79. The van der Waals surface area contributed by atoms with E-state index in [2.05, 4.69) is 24.4 Å². The molecule has 1 atom stereocenters. The fourth-order valence-corrected chi connectivity index (χ4v) is 2.20. The van der Waals surface area contributed by atoms with Gasteiger partial charge in [-0.05, 0) is 50.6 Å². The molecule has 0 heterocycles. The molecular formula is C18H23NO2. The van der Waals surface area contributed by atoms with E-state index in [9.17, 15) is 0 Å². The first-order valence-corrected chi connectivity index (χ1v) is 7.45. The van der Waals surface area contributed by atoms with E-state index in [0.29, 0.717) is 13.2 Å². The molecule has 0 aromatic heterocycles. The Kier molecular flexibility index (Phi) is 5.50. The summed E-state index contributed by atoms with van der Waals surface area (Å²) in [7, 11) is 0. The zero-order valence-corrected chi connectivity index (χ0v) is 12.9. The highest BCUT2D eigenvalue weighted by molar-refractivity contribution is 5.57. The van der Waals surface area contributed by atoms with Crippen molar-refractivity contribution in [1.82, 2.24) is 0 Å². The van der Waals surface area contributed by atoms with Crippen LogP contribution in [-0.4, -0.2) is 13.2 Å². The zero-order chi connectivity index (χ0) is 15.1. The molecule has 0 bridgehead atoms. The molecule has 0 aliphatic carbocycles. The van der Waals surface area contributed by atoms with Gasteiger partial charge in [-0.15, -0.1) is 0 Å². The first-order chi connectivity index (χ1) is 10.2. The van der Waals surface area contributed by atoms with E-state index >= 15 is 0 Å². The van der Waals surface area contributed by atoms with Gasteiger partial charge in [-0.2, -0.15) is 0 Å². The molecule has 2 aromatic carbocycles. The maximum Gasteiger partial charge on any atom is 0.142 e. The van der Waals surface area contributed by atoms with Gasteiger partial charge in [0.15, 0.2) is 0 Å². The molecule has 2 aromatic rings. The number of rotatable bonds is 7. The van der Waals surface area contributed by atoms with Crippen LogP contribution in [0.25, 0.3) is 0 Å². The Bertz CT molecular complexity index is 551. The first-order valence-electron chi connectivity index (χ1n) is 7.45. The highest BCUT2D eigenvalue weighted by Crippen LogP contribution is 2.28. The van der Waals surface area contributed by atoms with Crippen LogP contribution in [0.1, 0.15) is 32.4 Å². The molecular weight excluding hydrogens is 262 g/mol. The minimum Gasteiger partial charge on any atom is -0.494 e. The van der Waals surface area contributed by atoms with Crippen LogP contribution >= 0.6 is 0 Å². The standard InChI is InChI=1S/C18H23NO2/c1-4-20-16-12-10-15(11-13-16)14(3)19-17-8-6-7-9-18(17)21-5-2/h6-14,19H,4-5H2,1-3H3. The van der Waals surface area contributed by atoms with Gasteiger partial charge in [0.2, 0.25) is 0 Å². The second-order valence-electron chi connectivity index (χ2n) is 4.80. The van der Waals surface area contributed by atoms with Crippen LogP contribution in [0.4, 0.5) is 5.69 Å². The summed E-state index contributed by atoms with van der Waals surface area (Å²) < 4.78 is 11.1. The van der Waals surface area contributed by atoms with Crippen LogP contribution in [0.15, 0.2) is 48.5 Å². The van der Waals surface area contributed by atoms with Crippen LogP contribution in [0, 0.1) is 0 Å². The van der Waals surface area contributed by atoms with Crippen molar-refractivity contribution in [2.75, 3.05) is 18.5 Å². The topological polar surface area (TPSA) is 30.5 Å². The van der Waals surface area contributed by atoms with Gasteiger partial charge in [-0.1, -0.05) is 24.3 Å². The summed E-state index contributed by atoms with van der Waals surface area (Å²) >= 11 is 0. The molecule has 0 radical (unpaired) electrons. The normalized spacial score (nSPS) is 11.8. The van der Waals surface area contributed by atoms with Crippen LogP contribution in [-0.2, 0) is 0 Å². The van der Waals surface area contributed by atoms with Crippen molar-refractivity contribution in [3.63, 3.8) is 0 Å². The predicted molar refractivity (Wildman–Crippen MR) is 87.3 cm³/mol. The van der Waals surface area contributed by atoms with Gasteiger partial charge < -0.3 is 14.8 Å². The molecule has 112 valence electrons. The van der Waals surface area contributed by atoms with Crippen LogP contribution in [0.3, 0.4) is 0 Å². The van der Waals surface area contributed by atoms with Crippen LogP contribution < -0.4 is 14.8 Å². The Balaban J connectivity index is 2.08. The number of hydrogen-bond acceptors (Lipinski definition) is 3. The highest BCUT2D eigenvalue weighted by atomic mass is 16.5. The van der Waals surface area contributed by atoms with Gasteiger partial charge >= 0.3 is 0 Å². The van der Waals surface area contributed by atoms with Gasteiger partial charge in [0.25, 0.3) is 0 Å². The Morgan fingerprint density at radius 3 is 2.24 bits per heavy atom. The molecule has 21 heavy (non-hydrogen) atoms. The minimum atomic E-state index is 0.197. The number of benzene rings is 2. The molecule has 0 saturated carbocycles. The van der Waals surface area contributed by atoms with Crippen molar-refractivity contribution in [2.45, 2.75) is 26.8 Å². The smallest absolute Gasteiger partial charge is 0.142 e. The number of hydrogen-bond donors (Lipinski definition) is 1. The van der Waals surface area contributed by atoms with E-state index in [1.807, 2.05) is 50.2 Å². The Morgan fingerprint density at radius 1 is 0.905 bits per heavy atom. The summed E-state index contributed by atoms with van der Waals surface area (Å²) in [4.78, 5) is 0. The van der Waals surface area contributed by atoms with E-state index in [-0.39, 0.29) is 6.04 Å². The van der Waals surface area contributed by atoms with Crippen LogP contribution in [0.2, 0.25) is 0 Å². The van der Waals surface area contributed by atoms with E-state index in [1.54, 1.807) is 0 Å². The molecule has 0 saturated heterocycles. The van der Waals surface area contributed by atoms with Crippen molar-refractivity contribution < 1.29 is 9.47 Å². The first kappa shape index (κ1) is 15.2. The van der Waals surface area contributed by atoms with Gasteiger partial charge in [0.1, 0.15) is 11.5 Å². The molecule has 3 nitrogen and oxygen atoms in total. The van der Waals surface area contributed by atoms with E-state index < -0.39 is 0 Å². The zero-order valence-electron chi connectivity index (χ0n) is 12.9. The predicted octanol–water partition coefficient (Wildman–Crippen LogP) is 4.66. The van der Waals surface area contributed by atoms with Crippen LogP contribution in [0.5, 0.6) is 11.5 Å². The fraction of sp³-hybridized carbons (Fsp3) is 0.333. The third-order valence-corrected chi connectivity index (χ3v) is 3.25. The van der Waals surface area contributed by atoms with E-state index in [0.717, 1.165) is 17.2 Å². The van der Waals surface area contributed by atoms with Crippen molar-refractivity contribution in [3.8, 4) is 11.5 Å². The molecule has 0 aliphatic heterocycles. The molecule has 1 unspecified atom stereocenters. The maximum absolute atomic E-state index is 5.64. The Labute approximate surface area is 126 Å². The van der Waals surface area contributed by atoms with Gasteiger partial charge in [-0.25, -0.2) is 0 Å². The summed E-state index contributed by atoms with van der Waals surface area (Å²) in [6, 6.07) is 16.4. The average Bonchev–Trinajstić information content (AvgIpc) is 2.50. The van der Waals surface area contributed by atoms with E-state index in [4.69, 9.17) is 9.47 Å². The second-order valence-corrected chi connectivity index (χ2v) is 4.80. The highest BCUT2D eigenvalue weighted by Gasteiger charge is 2.09. The summed E-state index contributed by atoms with van der Waals surface area (Å²) in [6.45, 7) is 7.47. The van der Waals surface area contributed by atoms with Gasteiger partial charge in [-0.3, -0.25) is 0 Å². The van der Waals surface area contributed by atoms with Crippen molar-refractivity contribution in [2.24, 2.45) is 0 Å². The molecule has 0 spiro atoms. The molecule has 0 fully saturated rings. The summed E-state index contributed by atoms with van der Waals surface area (Å²) in [5.41, 5.74) is 2.23. The van der Waals surface area contributed by atoms with Gasteiger partial charge in [0.05, 0.1) is 18.9 Å². The molecule has 0 aliphatic rings. The van der Waals surface area contributed by atoms with Crippen molar-refractivity contribution in [1.29, 1.82) is 0 Å². The maximum atomic E-state index is 5.64. The number of ether oxygens (including phenoxy) is 2. The summed E-state index contributed by atoms with van der Waals surface area (Å²) in [5, 5.41) is 3.50. The van der Waals surface area contributed by atoms with Gasteiger partial charge in [0, 0.05) is 6.04 Å². The monoisotopic (exact) mass is 285 g/mol. The summed E-state index contributed by atoms with van der Waals surface area (Å²) in [6.07, 6.45) is 0.